The molecule has 0 heterocycles. The zero-order valence-corrected chi connectivity index (χ0v) is 22.2. The first-order valence-corrected chi connectivity index (χ1v) is 12.8. The molecule has 0 amide bonds. The molecule has 2 N–H and O–H groups in total. The van der Waals surface area contributed by atoms with Crippen molar-refractivity contribution in [2.45, 2.75) is 73.3 Å². The van der Waals surface area contributed by atoms with E-state index in [0.29, 0.717) is 18.4 Å². The van der Waals surface area contributed by atoms with Crippen LogP contribution in [0.3, 0.4) is 0 Å². The van der Waals surface area contributed by atoms with Crippen LogP contribution in [0.15, 0.2) is 57.4 Å². The van der Waals surface area contributed by atoms with Gasteiger partial charge < -0.3 is 14.9 Å². The predicted octanol–water partition coefficient (Wildman–Crippen LogP) is 4.86. The van der Waals surface area contributed by atoms with Crippen LogP contribution in [0.2, 0.25) is 0 Å². The molecule has 0 bridgehead atoms. The normalized spacial score (nSPS) is 41.9. The molecular weight excluding hydrogens is 456 g/mol. The van der Waals surface area contributed by atoms with Crippen molar-refractivity contribution in [3.8, 4) is 0 Å². The second kappa shape index (κ2) is 7.41. The summed E-state index contributed by atoms with van der Waals surface area (Å²) in [6.45, 7) is 11.8. The second-order valence-corrected chi connectivity index (χ2v) is 12.5. The number of aliphatic hydroxyl groups is 2. The van der Waals surface area contributed by atoms with Gasteiger partial charge in [0, 0.05) is 16.4 Å². The number of fused-ring (bicyclic) bond motifs is 7. The van der Waals surface area contributed by atoms with Crippen molar-refractivity contribution in [3.63, 3.8) is 0 Å². The lowest BCUT2D eigenvalue weighted by molar-refractivity contribution is -0.184. The summed E-state index contributed by atoms with van der Waals surface area (Å²) in [5.74, 6) is -1.56. The Balaban J connectivity index is 1.70. The molecule has 0 aromatic rings. The van der Waals surface area contributed by atoms with Crippen LogP contribution in [0, 0.1) is 27.6 Å². The van der Waals surface area contributed by atoms with Gasteiger partial charge in [-0.3, -0.25) is 14.4 Å². The van der Waals surface area contributed by atoms with E-state index < -0.39 is 33.7 Å². The van der Waals surface area contributed by atoms with Gasteiger partial charge in [-0.05, 0) is 86.2 Å². The van der Waals surface area contributed by atoms with Crippen molar-refractivity contribution in [2.24, 2.45) is 27.6 Å². The molecule has 36 heavy (non-hydrogen) atoms. The minimum atomic E-state index is -1.40. The largest absolute Gasteiger partial charge is 0.504 e. The Kier molecular flexibility index (Phi) is 5.13. The summed E-state index contributed by atoms with van der Waals surface area (Å²) in [5.41, 5.74) is 3.00. The molecule has 6 nitrogen and oxygen atoms in total. The third-order valence-corrected chi connectivity index (χ3v) is 10.4. The van der Waals surface area contributed by atoms with Crippen molar-refractivity contribution in [1.29, 1.82) is 0 Å². The lowest BCUT2D eigenvalue weighted by atomic mass is 9.40. The highest BCUT2D eigenvalue weighted by Crippen LogP contribution is 2.70. The first kappa shape index (κ1) is 24.9. The molecule has 0 spiro atoms. The van der Waals surface area contributed by atoms with Gasteiger partial charge in [-0.2, -0.15) is 0 Å². The van der Waals surface area contributed by atoms with Gasteiger partial charge in [0.1, 0.15) is 6.10 Å². The van der Waals surface area contributed by atoms with E-state index >= 15 is 0 Å². The summed E-state index contributed by atoms with van der Waals surface area (Å²) in [5, 5.41) is 21.3. The van der Waals surface area contributed by atoms with Gasteiger partial charge in [0.25, 0.3) is 0 Å². The second-order valence-electron chi connectivity index (χ2n) is 12.5. The monoisotopic (exact) mass is 492 g/mol. The number of aliphatic hydroxyl groups excluding tert-OH is 2. The molecule has 1 unspecified atom stereocenters. The Labute approximate surface area is 212 Å². The lowest BCUT2D eigenvalue weighted by Gasteiger charge is -2.63. The van der Waals surface area contributed by atoms with E-state index in [4.69, 9.17) is 4.74 Å². The molecule has 0 aromatic heterocycles. The Morgan fingerprint density at radius 3 is 2.33 bits per heavy atom. The number of allylic oxidation sites excluding steroid dienone is 9. The highest BCUT2D eigenvalue weighted by atomic mass is 16.5. The maximum Gasteiger partial charge on any atom is 0.314 e. The zero-order valence-electron chi connectivity index (χ0n) is 22.2. The molecule has 2 fully saturated rings. The van der Waals surface area contributed by atoms with Gasteiger partial charge in [0.2, 0.25) is 5.78 Å². The molecule has 6 heteroatoms. The van der Waals surface area contributed by atoms with Crippen molar-refractivity contribution in [3.05, 3.63) is 57.4 Å². The van der Waals surface area contributed by atoms with Gasteiger partial charge in [-0.25, -0.2) is 0 Å². The van der Waals surface area contributed by atoms with Crippen LogP contribution in [-0.4, -0.2) is 41.0 Å². The van der Waals surface area contributed by atoms with E-state index in [1.807, 2.05) is 13.0 Å². The molecule has 192 valence electrons. The molecular formula is C30H36O6. The van der Waals surface area contributed by atoms with E-state index in [1.54, 1.807) is 19.9 Å². The molecule has 0 aliphatic heterocycles. The fourth-order valence-corrected chi connectivity index (χ4v) is 8.34. The van der Waals surface area contributed by atoms with E-state index in [-0.39, 0.29) is 23.2 Å². The van der Waals surface area contributed by atoms with Crippen molar-refractivity contribution in [2.75, 3.05) is 7.11 Å². The average molecular weight is 493 g/mol. The number of ether oxygens (including phenoxy) is 1. The molecule has 0 saturated heterocycles. The highest BCUT2D eigenvalue weighted by Gasteiger charge is 2.67. The number of carbonyl (C=O) groups is 3. The third-order valence-electron chi connectivity index (χ3n) is 10.4. The summed E-state index contributed by atoms with van der Waals surface area (Å²) in [6, 6.07) is 0. The van der Waals surface area contributed by atoms with Gasteiger partial charge in [0.05, 0.1) is 12.5 Å². The van der Waals surface area contributed by atoms with Gasteiger partial charge in [0.15, 0.2) is 11.5 Å². The van der Waals surface area contributed by atoms with E-state index in [2.05, 4.69) is 26.8 Å². The number of ketones is 2. The minimum absolute atomic E-state index is 0.160. The van der Waals surface area contributed by atoms with Crippen LogP contribution in [0.4, 0.5) is 0 Å². The highest BCUT2D eigenvalue weighted by molar-refractivity contribution is 6.06. The first-order valence-electron chi connectivity index (χ1n) is 12.8. The molecule has 5 aliphatic carbocycles. The summed E-state index contributed by atoms with van der Waals surface area (Å²) < 4.78 is 5.06. The van der Waals surface area contributed by atoms with Crippen molar-refractivity contribution >= 4 is 17.5 Å². The summed E-state index contributed by atoms with van der Waals surface area (Å²) in [6.07, 6.45) is 6.69. The molecule has 0 aromatic carbocycles. The zero-order chi connectivity index (χ0) is 26.6. The molecule has 2 saturated carbocycles. The van der Waals surface area contributed by atoms with Gasteiger partial charge in [-0.15, -0.1) is 0 Å². The van der Waals surface area contributed by atoms with Crippen LogP contribution in [-0.2, 0) is 19.1 Å². The number of esters is 1. The number of Topliss-reactive ketones (excluding diaryl/α,β-unsaturated/α-hetero) is 1. The van der Waals surface area contributed by atoms with E-state index in [1.165, 1.54) is 12.7 Å². The van der Waals surface area contributed by atoms with Crippen LogP contribution in [0.5, 0.6) is 0 Å². The predicted molar refractivity (Wildman–Crippen MR) is 135 cm³/mol. The number of hydrogen-bond acceptors (Lipinski definition) is 6. The summed E-state index contributed by atoms with van der Waals surface area (Å²) >= 11 is 0. The Hall–Kier alpha value is -2.73. The van der Waals surface area contributed by atoms with Crippen LogP contribution in [0.25, 0.3) is 0 Å². The van der Waals surface area contributed by atoms with Crippen LogP contribution < -0.4 is 0 Å². The molecule has 0 radical (unpaired) electrons. The van der Waals surface area contributed by atoms with Crippen molar-refractivity contribution in [1.82, 2.24) is 0 Å². The Morgan fingerprint density at radius 1 is 1.03 bits per heavy atom. The fourth-order valence-electron chi connectivity index (χ4n) is 8.34. The standard InChI is InChI=1S/C30H36O6/c1-15-13-29(5)21(14-30(6,26(35)36-7)25(34)24(29)33)28(4)11-10-27(3)18(22(15)28)9-8-17-16(2)23(32)20(31)12-19(17)27/h8-9,12,21,25,32,34H,10-11,13-14H2,1-7H3/t21-,25-,27+,28-,29?,30-/m0/s1. The number of hydrogen-bond donors (Lipinski definition) is 2. The van der Waals surface area contributed by atoms with Crippen molar-refractivity contribution < 1.29 is 29.3 Å². The number of rotatable bonds is 1. The maximum atomic E-state index is 13.7. The Morgan fingerprint density at radius 2 is 1.69 bits per heavy atom. The average Bonchev–Trinajstić information content (AvgIpc) is 2.83. The van der Waals surface area contributed by atoms with E-state index in [9.17, 15) is 24.6 Å². The van der Waals surface area contributed by atoms with Gasteiger partial charge >= 0.3 is 5.97 Å². The third kappa shape index (κ3) is 2.79. The smallest absolute Gasteiger partial charge is 0.314 e. The summed E-state index contributed by atoms with van der Waals surface area (Å²) in [4.78, 5) is 39.2. The van der Waals surface area contributed by atoms with E-state index in [0.717, 1.165) is 35.1 Å². The minimum Gasteiger partial charge on any atom is -0.504 e. The first-order chi connectivity index (χ1) is 16.7. The topological polar surface area (TPSA) is 101 Å². The molecule has 6 atom stereocenters. The maximum absolute atomic E-state index is 13.7. The lowest BCUT2D eigenvalue weighted by Crippen LogP contribution is -2.64. The summed E-state index contributed by atoms with van der Waals surface area (Å²) in [7, 11) is 1.30. The fraction of sp³-hybridized carbons (Fsp3) is 0.567. The quantitative estimate of drug-likeness (QED) is 0.507. The Bertz CT molecular complexity index is 1290. The molecule has 5 rings (SSSR count). The van der Waals surface area contributed by atoms with Gasteiger partial charge in [-0.1, -0.05) is 38.5 Å². The molecule has 5 aliphatic rings. The van der Waals surface area contributed by atoms with Crippen LogP contribution >= 0.6 is 0 Å². The number of carbonyl (C=O) groups excluding carboxylic acids is 3. The number of methoxy groups -OCH3 is 1. The van der Waals surface area contributed by atoms with Crippen LogP contribution in [0.1, 0.15) is 67.2 Å². The SMILES string of the molecule is COC(=O)[C@@]1(C)C[C@@H]2C(C)(CC(C)=C3C4=CC=C5C(=CC(=O)C(O)=C5C)[C@]4(C)CC[C@]32C)C(=O)[C@@H]1O.